The number of carbonyl (C=O) groups is 4. The largest absolute Gasteiger partial charge is 2.00 e. The van der Waals surface area contributed by atoms with Gasteiger partial charge in [0.15, 0.2) is 0 Å². The maximum absolute atomic E-state index is 12.1. The van der Waals surface area contributed by atoms with E-state index in [0.717, 1.165) is 0 Å². The predicted octanol–water partition coefficient (Wildman–Crippen LogP) is 2.54. The molecule has 0 saturated carbocycles. The minimum atomic E-state index is -0.831. The van der Waals surface area contributed by atoms with E-state index < -0.39 is 23.6 Å². The van der Waals surface area contributed by atoms with Gasteiger partial charge < -0.3 is 22.9 Å². The smallest absolute Gasteiger partial charge is 0.371 e. The van der Waals surface area contributed by atoms with Gasteiger partial charge in [0.25, 0.3) is 0 Å². The standard InChI is InChI=1S/C21H17N4O4.C5H5.Fe/c22-18(26)14-8-2-6-12(16(14)20(24)28)10-4-1-5-11(10)13-7-3-9-15(19(23)27)17(13)21(25)29;1-2-4-5-3-1;/h1-9H,(H2,22,26)(H2,23,27)(H2,24,28)(H2,25,29);1-5H;/q2*-1;+2. The first kappa shape index (κ1) is 26.8. The summed E-state index contributed by atoms with van der Waals surface area (Å²) in [7, 11) is 0. The van der Waals surface area contributed by atoms with Crippen LogP contribution in [-0.4, -0.2) is 23.6 Å². The summed E-state index contributed by atoms with van der Waals surface area (Å²) in [6, 6.07) is 24.2. The van der Waals surface area contributed by atoms with Gasteiger partial charge >= 0.3 is 17.1 Å². The molecule has 0 aliphatic rings. The fourth-order valence-corrected chi connectivity index (χ4v) is 3.71. The number of amides is 4. The second-order valence-corrected chi connectivity index (χ2v) is 7.23. The third-order valence-corrected chi connectivity index (χ3v) is 5.10. The van der Waals surface area contributed by atoms with Crippen molar-refractivity contribution in [3.8, 4) is 22.3 Å². The van der Waals surface area contributed by atoms with Crippen molar-refractivity contribution < 1.29 is 36.2 Å². The molecule has 0 heterocycles. The van der Waals surface area contributed by atoms with Gasteiger partial charge in [-0.25, -0.2) is 12.1 Å². The predicted molar refractivity (Wildman–Crippen MR) is 129 cm³/mol. The van der Waals surface area contributed by atoms with Gasteiger partial charge in [-0.05, 0) is 6.07 Å². The van der Waals surface area contributed by atoms with Crippen molar-refractivity contribution in [2.75, 3.05) is 0 Å². The van der Waals surface area contributed by atoms with Crippen molar-refractivity contribution in [1.29, 1.82) is 0 Å². The topological polar surface area (TPSA) is 172 Å². The van der Waals surface area contributed by atoms with Gasteiger partial charge in [0.2, 0.25) is 23.6 Å². The van der Waals surface area contributed by atoms with Crippen molar-refractivity contribution in [3.05, 3.63) is 107 Å². The summed E-state index contributed by atoms with van der Waals surface area (Å²) < 4.78 is 0. The van der Waals surface area contributed by atoms with E-state index in [0.29, 0.717) is 22.3 Å². The molecule has 0 unspecified atom stereocenters. The molecule has 9 heteroatoms. The Bertz CT molecular complexity index is 1270. The van der Waals surface area contributed by atoms with Gasteiger partial charge in [-0.15, -0.1) is 24.3 Å². The van der Waals surface area contributed by atoms with E-state index in [1.165, 1.54) is 12.1 Å². The second kappa shape index (κ2) is 11.6. The molecule has 4 aromatic rings. The summed E-state index contributed by atoms with van der Waals surface area (Å²) in [5.41, 5.74) is 23.4. The summed E-state index contributed by atoms with van der Waals surface area (Å²) in [6.07, 6.45) is 0. The molecule has 178 valence electrons. The molecule has 0 aromatic heterocycles. The molecule has 0 radical (unpaired) electrons. The molecule has 35 heavy (non-hydrogen) atoms. The maximum Gasteiger partial charge on any atom is 2.00 e. The van der Waals surface area contributed by atoms with Crippen LogP contribution in [0.2, 0.25) is 0 Å². The molecule has 4 amide bonds. The summed E-state index contributed by atoms with van der Waals surface area (Å²) >= 11 is 0. The van der Waals surface area contributed by atoms with Crippen LogP contribution in [0.5, 0.6) is 0 Å². The second-order valence-electron chi connectivity index (χ2n) is 7.23. The van der Waals surface area contributed by atoms with E-state index in [-0.39, 0.29) is 39.3 Å². The van der Waals surface area contributed by atoms with Crippen LogP contribution >= 0.6 is 0 Å². The Hall–Kier alpha value is -4.46. The molecule has 4 rings (SSSR count). The molecule has 0 atom stereocenters. The van der Waals surface area contributed by atoms with Crippen molar-refractivity contribution in [1.82, 2.24) is 0 Å². The third-order valence-electron chi connectivity index (χ3n) is 5.10. The van der Waals surface area contributed by atoms with Crippen molar-refractivity contribution in [2.45, 2.75) is 0 Å². The zero-order valence-electron chi connectivity index (χ0n) is 18.4. The Kier molecular flexibility index (Phi) is 8.88. The number of hydrogen-bond donors (Lipinski definition) is 4. The van der Waals surface area contributed by atoms with Crippen LogP contribution in [0, 0.1) is 0 Å². The molecule has 0 bridgehead atoms. The Labute approximate surface area is 212 Å². The molecular weight excluding hydrogens is 488 g/mol. The normalized spacial score (nSPS) is 9.83. The van der Waals surface area contributed by atoms with Gasteiger partial charge in [-0.3, -0.25) is 19.2 Å². The zero-order chi connectivity index (χ0) is 24.8. The first-order valence-corrected chi connectivity index (χ1v) is 10.1. The fraction of sp³-hybridized carbons (Fsp3) is 0. The monoisotopic (exact) mass is 510 g/mol. The molecule has 4 aromatic carbocycles. The number of benzene rings is 2. The molecule has 0 saturated heterocycles. The number of carbonyl (C=O) groups excluding carboxylic acids is 4. The first-order chi connectivity index (χ1) is 16.2. The Morgan fingerprint density at radius 2 is 1.17 bits per heavy atom. The van der Waals surface area contributed by atoms with Crippen molar-refractivity contribution >= 4 is 23.6 Å². The van der Waals surface area contributed by atoms with Crippen LogP contribution in [0.3, 0.4) is 0 Å². The first-order valence-electron chi connectivity index (χ1n) is 10.1. The van der Waals surface area contributed by atoms with Gasteiger partial charge in [0.05, 0.1) is 0 Å². The molecule has 0 aliphatic carbocycles. The average Bonchev–Trinajstić information content (AvgIpc) is 3.52. The third kappa shape index (κ3) is 5.73. The minimum Gasteiger partial charge on any atom is -0.371 e. The Morgan fingerprint density at radius 1 is 0.629 bits per heavy atom. The van der Waals surface area contributed by atoms with Crippen LogP contribution in [-0.2, 0) is 17.1 Å². The van der Waals surface area contributed by atoms with Crippen LogP contribution in [0.15, 0.2) is 84.9 Å². The van der Waals surface area contributed by atoms with Crippen molar-refractivity contribution in [2.24, 2.45) is 22.9 Å². The van der Waals surface area contributed by atoms with Crippen LogP contribution in [0.1, 0.15) is 41.4 Å². The van der Waals surface area contributed by atoms with E-state index in [1.807, 2.05) is 30.3 Å². The summed E-state index contributed by atoms with van der Waals surface area (Å²) in [4.78, 5) is 47.7. The van der Waals surface area contributed by atoms with Crippen LogP contribution in [0.25, 0.3) is 22.3 Å². The fourth-order valence-electron chi connectivity index (χ4n) is 3.71. The van der Waals surface area contributed by atoms with Gasteiger partial charge in [-0.1, -0.05) is 46.5 Å². The van der Waals surface area contributed by atoms with E-state index >= 15 is 0 Å². The molecule has 0 aliphatic heterocycles. The number of hydrogen-bond acceptors (Lipinski definition) is 4. The van der Waals surface area contributed by atoms with E-state index in [4.69, 9.17) is 22.9 Å². The van der Waals surface area contributed by atoms with Crippen LogP contribution < -0.4 is 22.9 Å². The maximum atomic E-state index is 12.1. The van der Waals surface area contributed by atoms with E-state index in [2.05, 4.69) is 0 Å². The van der Waals surface area contributed by atoms with Gasteiger partial charge in [-0.2, -0.15) is 18.2 Å². The van der Waals surface area contributed by atoms with E-state index in [1.54, 1.807) is 42.5 Å². The summed E-state index contributed by atoms with van der Waals surface area (Å²) in [5.74, 6) is -3.27. The number of nitrogens with two attached hydrogens (primary N) is 4. The summed E-state index contributed by atoms with van der Waals surface area (Å²) in [5, 5.41) is 0. The molecule has 8 nitrogen and oxygen atoms in total. The van der Waals surface area contributed by atoms with Crippen LogP contribution in [0.4, 0.5) is 0 Å². The van der Waals surface area contributed by atoms with Crippen molar-refractivity contribution in [3.63, 3.8) is 0 Å². The zero-order valence-corrected chi connectivity index (χ0v) is 19.5. The molecule has 0 spiro atoms. The Balaban J connectivity index is 0.000000640. The molecule has 8 N–H and O–H groups in total. The molecular formula is C26H22FeN4O4. The van der Waals surface area contributed by atoms with Gasteiger partial charge in [0.1, 0.15) is 0 Å². The minimum absolute atomic E-state index is 0. The average molecular weight is 510 g/mol. The number of rotatable bonds is 6. The quantitative estimate of drug-likeness (QED) is 0.231. The number of primary amides is 4. The summed E-state index contributed by atoms with van der Waals surface area (Å²) in [6.45, 7) is 0. The van der Waals surface area contributed by atoms with E-state index in [9.17, 15) is 19.2 Å². The van der Waals surface area contributed by atoms with Gasteiger partial charge in [0, 0.05) is 22.3 Å². The molecule has 0 fully saturated rings. The SMILES string of the molecule is NC(=O)c1cccc(-c2ccc[c-]2-c2cccc(C(N)=O)c2C(N)=O)c1C(N)=O.[Fe+2].c1cc[cH-]c1. The Morgan fingerprint density at radius 3 is 1.66 bits per heavy atom.